The number of nitrogens with zero attached hydrogens (tertiary/aromatic N) is 2. The van der Waals surface area contributed by atoms with E-state index in [0.29, 0.717) is 19.5 Å². The van der Waals surface area contributed by atoms with E-state index < -0.39 is 10.0 Å². The van der Waals surface area contributed by atoms with Gasteiger partial charge in [0.25, 0.3) is 0 Å². The summed E-state index contributed by atoms with van der Waals surface area (Å²) >= 11 is 0. The highest BCUT2D eigenvalue weighted by Crippen LogP contribution is 2.09. The van der Waals surface area contributed by atoms with Crippen LogP contribution in [0.4, 0.5) is 0 Å². The predicted molar refractivity (Wildman–Crippen MR) is 116 cm³/mol. The quantitative estimate of drug-likeness (QED) is 0.245. The largest absolute Gasteiger partial charge is 0.357 e. The zero-order chi connectivity index (χ0) is 18.0. The van der Waals surface area contributed by atoms with Gasteiger partial charge in [0.2, 0.25) is 10.0 Å². The third kappa shape index (κ3) is 9.41. The molecule has 0 aliphatic heterocycles. The van der Waals surface area contributed by atoms with Crippen molar-refractivity contribution in [3.8, 4) is 0 Å². The zero-order valence-corrected chi connectivity index (χ0v) is 18.7. The third-order valence-electron chi connectivity index (χ3n) is 3.66. The fourth-order valence-electron chi connectivity index (χ4n) is 2.18. The van der Waals surface area contributed by atoms with Crippen molar-refractivity contribution >= 4 is 40.0 Å². The minimum atomic E-state index is -3.12. The highest BCUT2D eigenvalue weighted by atomic mass is 127. The molecule has 0 saturated carbocycles. The Bertz CT molecular complexity index is 635. The van der Waals surface area contributed by atoms with E-state index in [9.17, 15) is 8.42 Å². The number of halogens is 1. The number of aliphatic imine (C=N–C) groups is 1. The zero-order valence-electron chi connectivity index (χ0n) is 15.6. The minimum absolute atomic E-state index is 0. The number of guanidine groups is 1. The number of aryl methyl sites for hydroxylation is 1. The lowest BCUT2D eigenvalue weighted by atomic mass is 10.1. The van der Waals surface area contributed by atoms with Gasteiger partial charge in [-0.2, -0.15) is 0 Å². The molecule has 1 aromatic carbocycles. The van der Waals surface area contributed by atoms with Crippen molar-refractivity contribution in [3.05, 3.63) is 35.4 Å². The summed E-state index contributed by atoms with van der Waals surface area (Å²) in [5.41, 5.74) is 2.52. The molecule has 0 atom stereocenters. The second-order valence-electron chi connectivity index (χ2n) is 5.67. The van der Waals surface area contributed by atoms with Crippen LogP contribution in [-0.2, 0) is 16.6 Å². The maximum Gasteiger partial charge on any atom is 0.211 e. The Morgan fingerprint density at radius 3 is 2.52 bits per heavy atom. The lowest BCUT2D eigenvalue weighted by Crippen LogP contribution is -2.38. The maximum atomic E-state index is 11.4. The Labute approximate surface area is 169 Å². The molecule has 0 heterocycles. The summed E-state index contributed by atoms with van der Waals surface area (Å²) in [6.45, 7) is 8.33. The van der Waals surface area contributed by atoms with Gasteiger partial charge in [0.1, 0.15) is 0 Å². The van der Waals surface area contributed by atoms with Gasteiger partial charge in [0.15, 0.2) is 5.96 Å². The SMILES string of the molecule is CCNC(=NCCCNS(=O)(=O)CC)N(C)Cc1ccccc1C.I. The van der Waals surface area contributed by atoms with Crippen molar-refractivity contribution in [2.24, 2.45) is 4.99 Å². The van der Waals surface area contributed by atoms with E-state index in [1.165, 1.54) is 11.1 Å². The van der Waals surface area contributed by atoms with Gasteiger partial charge in [-0.3, -0.25) is 4.99 Å². The van der Waals surface area contributed by atoms with Gasteiger partial charge in [0, 0.05) is 33.2 Å². The maximum absolute atomic E-state index is 11.4. The van der Waals surface area contributed by atoms with Crippen molar-refractivity contribution in [1.29, 1.82) is 0 Å². The molecule has 0 radical (unpaired) electrons. The summed E-state index contributed by atoms with van der Waals surface area (Å²) in [6.07, 6.45) is 0.673. The third-order valence-corrected chi connectivity index (χ3v) is 5.07. The van der Waals surface area contributed by atoms with Crippen molar-refractivity contribution in [2.75, 3.05) is 32.4 Å². The van der Waals surface area contributed by atoms with Gasteiger partial charge in [-0.05, 0) is 38.3 Å². The molecule has 0 aliphatic carbocycles. The first kappa shape index (κ1) is 24.1. The summed E-state index contributed by atoms with van der Waals surface area (Å²) in [4.78, 5) is 6.67. The van der Waals surface area contributed by atoms with E-state index in [-0.39, 0.29) is 29.7 Å². The van der Waals surface area contributed by atoms with Crippen molar-refractivity contribution in [1.82, 2.24) is 14.9 Å². The molecule has 0 bridgehead atoms. The van der Waals surface area contributed by atoms with Gasteiger partial charge >= 0.3 is 0 Å². The molecule has 0 aromatic heterocycles. The normalized spacial score (nSPS) is 11.8. The molecule has 8 heteroatoms. The highest BCUT2D eigenvalue weighted by molar-refractivity contribution is 14.0. The molecule has 6 nitrogen and oxygen atoms in total. The van der Waals surface area contributed by atoms with Crippen LogP contribution in [0.15, 0.2) is 29.3 Å². The molecule has 2 N–H and O–H groups in total. The van der Waals surface area contributed by atoms with E-state index >= 15 is 0 Å². The molecule has 0 fully saturated rings. The minimum Gasteiger partial charge on any atom is -0.357 e. The predicted octanol–water partition coefficient (Wildman–Crippen LogP) is 2.34. The number of hydrogen-bond acceptors (Lipinski definition) is 3. The second kappa shape index (κ2) is 12.5. The van der Waals surface area contributed by atoms with Crippen LogP contribution in [0.2, 0.25) is 0 Å². The molecule has 0 spiro atoms. The Kier molecular flexibility index (Phi) is 12.0. The van der Waals surface area contributed by atoms with Crippen LogP contribution in [0.1, 0.15) is 31.4 Å². The van der Waals surface area contributed by atoms with Gasteiger partial charge in [-0.1, -0.05) is 24.3 Å². The Hall–Kier alpha value is -0.870. The van der Waals surface area contributed by atoms with E-state index in [1.807, 2.05) is 26.1 Å². The summed E-state index contributed by atoms with van der Waals surface area (Å²) in [6, 6.07) is 8.30. The first-order valence-electron chi connectivity index (χ1n) is 8.41. The van der Waals surface area contributed by atoms with E-state index in [4.69, 9.17) is 0 Å². The van der Waals surface area contributed by atoms with Crippen LogP contribution >= 0.6 is 24.0 Å². The second-order valence-corrected chi connectivity index (χ2v) is 7.77. The lowest BCUT2D eigenvalue weighted by Gasteiger charge is -2.23. The number of benzene rings is 1. The monoisotopic (exact) mass is 482 g/mol. The highest BCUT2D eigenvalue weighted by Gasteiger charge is 2.08. The fraction of sp³-hybridized carbons (Fsp3) is 0.588. The fourth-order valence-corrected chi connectivity index (χ4v) is 2.84. The Balaban J connectivity index is 0.00000576. The molecule has 1 rings (SSSR count). The Morgan fingerprint density at radius 2 is 1.92 bits per heavy atom. The van der Waals surface area contributed by atoms with Crippen molar-refractivity contribution < 1.29 is 8.42 Å². The molecular weight excluding hydrogens is 451 g/mol. The van der Waals surface area contributed by atoms with Crippen molar-refractivity contribution in [2.45, 2.75) is 33.7 Å². The summed E-state index contributed by atoms with van der Waals surface area (Å²) in [7, 11) is -1.11. The average molecular weight is 482 g/mol. The average Bonchev–Trinajstić information content (AvgIpc) is 2.55. The van der Waals surface area contributed by atoms with Crippen LogP contribution in [0.5, 0.6) is 0 Å². The van der Waals surface area contributed by atoms with Crippen LogP contribution in [0, 0.1) is 6.92 Å². The number of hydrogen-bond donors (Lipinski definition) is 2. The van der Waals surface area contributed by atoms with Crippen LogP contribution in [0.25, 0.3) is 0 Å². The molecular formula is C17H31IN4O2S. The first-order chi connectivity index (χ1) is 11.4. The van der Waals surface area contributed by atoms with E-state index in [0.717, 1.165) is 19.0 Å². The van der Waals surface area contributed by atoms with Crippen LogP contribution in [0.3, 0.4) is 0 Å². The van der Waals surface area contributed by atoms with Gasteiger partial charge in [-0.25, -0.2) is 13.1 Å². The topological polar surface area (TPSA) is 73.8 Å². The molecule has 0 aliphatic rings. The molecule has 0 saturated heterocycles. The lowest BCUT2D eigenvalue weighted by molar-refractivity contribution is 0.475. The molecule has 144 valence electrons. The Morgan fingerprint density at radius 1 is 1.24 bits per heavy atom. The first-order valence-corrected chi connectivity index (χ1v) is 10.1. The van der Waals surface area contributed by atoms with Gasteiger partial charge in [-0.15, -0.1) is 24.0 Å². The molecule has 0 unspecified atom stereocenters. The van der Waals surface area contributed by atoms with Gasteiger partial charge in [0.05, 0.1) is 5.75 Å². The van der Waals surface area contributed by atoms with Crippen LogP contribution < -0.4 is 10.0 Å². The van der Waals surface area contributed by atoms with E-state index in [1.54, 1.807) is 6.92 Å². The summed E-state index contributed by atoms with van der Waals surface area (Å²) in [5.74, 6) is 0.942. The number of nitrogens with one attached hydrogen (secondary N) is 2. The molecule has 0 amide bonds. The summed E-state index contributed by atoms with van der Waals surface area (Å²) in [5, 5.41) is 3.28. The number of sulfonamides is 1. The van der Waals surface area contributed by atoms with E-state index in [2.05, 4.69) is 39.0 Å². The smallest absolute Gasteiger partial charge is 0.211 e. The van der Waals surface area contributed by atoms with Crippen LogP contribution in [-0.4, -0.2) is 51.7 Å². The van der Waals surface area contributed by atoms with Crippen molar-refractivity contribution in [3.63, 3.8) is 0 Å². The molecule has 1 aromatic rings. The van der Waals surface area contributed by atoms with Gasteiger partial charge < -0.3 is 10.2 Å². The summed E-state index contributed by atoms with van der Waals surface area (Å²) < 4.78 is 25.3. The standard InChI is InChI=1S/C17H30N4O2S.HI/c1-5-18-17(19-12-9-13-20-24(22,23)6-2)21(4)14-16-11-8-7-10-15(16)3;/h7-8,10-11,20H,5-6,9,12-14H2,1-4H3,(H,18,19);1H. The number of rotatable bonds is 9. The molecule has 25 heavy (non-hydrogen) atoms.